The molecule has 19 heavy (non-hydrogen) atoms. The molecule has 0 aliphatic carbocycles. The first-order chi connectivity index (χ1) is 8.98. The Morgan fingerprint density at radius 2 is 2.05 bits per heavy atom. The molecule has 1 aliphatic rings. The van der Waals surface area contributed by atoms with E-state index in [0.29, 0.717) is 12.0 Å². The van der Waals surface area contributed by atoms with Crippen LogP contribution in [-0.4, -0.2) is 31.9 Å². The molecule has 0 bridgehead atoms. The van der Waals surface area contributed by atoms with E-state index < -0.39 is 9.84 Å². The lowest BCUT2D eigenvalue weighted by Crippen LogP contribution is -2.36. The largest absolute Gasteiger partial charge is 0.352 e. The molecule has 1 aromatic rings. The molecule has 1 fully saturated rings. The summed E-state index contributed by atoms with van der Waals surface area (Å²) in [4.78, 5) is 11.8. The van der Waals surface area contributed by atoms with E-state index in [1.807, 2.05) is 6.07 Å². The Bertz CT molecular complexity index is 614. The van der Waals surface area contributed by atoms with Gasteiger partial charge in [0.15, 0.2) is 9.84 Å². The van der Waals surface area contributed by atoms with Gasteiger partial charge >= 0.3 is 0 Å². The van der Waals surface area contributed by atoms with Crippen LogP contribution >= 0.6 is 0 Å². The monoisotopic (exact) mass is 278 g/mol. The maximum atomic E-state index is 11.8. The highest BCUT2D eigenvalue weighted by atomic mass is 32.2. The van der Waals surface area contributed by atoms with Crippen LogP contribution in [0.3, 0.4) is 0 Å². The molecule has 1 N–H and O–H groups in total. The van der Waals surface area contributed by atoms with Crippen molar-refractivity contribution in [1.82, 2.24) is 5.32 Å². The molecule has 0 saturated carbocycles. The van der Waals surface area contributed by atoms with E-state index in [1.165, 1.54) is 0 Å². The van der Waals surface area contributed by atoms with Crippen molar-refractivity contribution < 1.29 is 13.2 Å². The van der Waals surface area contributed by atoms with Crippen LogP contribution in [0.4, 0.5) is 0 Å². The Hall–Kier alpha value is -1.87. The average molecular weight is 278 g/mol. The molecule has 1 heterocycles. The zero-order valence-electron chi connectivity index (χ0n) is 10.3. The summed E-state index contributed by atoms with van der Waals surface area (Å²) >= 11 is 0. The number of carbonyl (C=O) groups is 1. The highest BCUT2D eigenvalue weighted by Gasteiger charge is 2.28. The molecule has 6 heteroatoms. The molecule has 1 aliphatic heterocycles. The fraction of sp³-hybridized carbons (Fsp3) is 0.385. The number of carbonyl (C=O) groups excluding carboxylic acids is 1. The van der Waals surface area contributed by atoms with Crippen LogP contribution in [0, 0.1) is 11.3 Å². The van der Waals surface area contributed by atoms with Crippen molar-refractivity contribution in [1.29, 1.82) is 5.26 Å². The molecule has 0 spiro atoms. The van der Waals surface area contributed by atoms with Gasteiger partial charge in [0.2, 0.25) is 5.91 Å². The van der Waals surface area contributed by atoms with Crippen molar-refractivity contribution in [3.8, 4) is 6.07 Å². The highest BCUT2D eigenvalue weighted by Crippen LogP contribution is 2.11. The van der Waals surface area contributed by atoms with Crippen molar-refractivity contribution in [2.75, 3.05) is 11.5 Å². The fourth-order valence-corrected chi connectivity index (χ4v) is 3.74. The SMILES string of the molecule is N#Cc1ccc(CC(=O)NC2CCS(=O)(=O)C2)cc1. The molecule has 5 nitrogen and oxygen atoms in total. The highest BCUT2D eigenvalue weighted by molar-refractivity contribution is 7.91. The number of nitrogens with one attached hydrogen (secondary N) is 1. The first-order valence-electron chi connectivity index (χ1n) is 5.97. The van der Waals surface area contributed by atoms with Crippen LogP contribution in [-0.2, 0) is 21.1 Å². The van der Waals surface area contributed by atoms with Crippen molar-refractivity contribution in [3.05, 3.63) is 35.4 Å². The summed E-state index contributed by atoms with van der Waals surface area (Å²) in [6.45, 7) is 0. The maximum Gasteiger partial charge on any atom is 0.224 e. The van der Waals surface area contributed by atoms with E-state index >= 15 is 0 Å². The Kier molecular flexibility index (Phi) is 3.86. The van der Waals surface area contributed by atoms with E-state index in [4.69, 9.17) is 5.26 Å². The number of rotatable bonds is 3. The van der Waals surface area contributed by atoms with Gasteiger partial charge in [-0.1, -0.05) is 12.1 Å². The van der Waals surface area contributed by atoms with Gasteiger partial charge in [0, 0.05) is 6.04 Å². The quantitative estimate of drug-likeness (QED) is 0.867. The maximum absolute atomic E-state index is 11.8. The number of sulfone groups is 1. The summed E-state index contributed by atoms with van der Waals surface area (Å²) in [6.07, 6.45) is 0.684. The summed E-state index contributed by atoms with van der Waals surface area (Å²) in [5, 5.41) is 11.4. The summed E-state index contributed by atoms with van der Waals surface area (Å²) in [6, 6.07) is 8.50. The van der Waals surface area contributed by atoms with E-state index in [0.717, 1.165) is 5.56 Å². The van der Waals surface area contributed by atoms with Crippen molar-refractivity contribution >= 4 is 15.7 Å². The summed E-state index contributed by atoms with van der Waals surface area (Å²) in [7, 11) is -2.97. The third kappa shape index (κ3) is 3.80. The van der Waals surface area contributed by atoms with Crippen molar-refractivity contribution in [2.24, 2.45) is 0 Å². The molecule has 1 atom stereocenters. The van der Waals surface area contributed by atoms with E-state index in [1.54, 1.807) is 24.3 Å². The molecule has 100 valence electrons. The fourth-order valence-electron chi connectivity index (χ4n) is 2.07. The predicted octanol–water partition coefficient (Wildman–Crippen LogP) is 0.404. The lowest BCUT2D eigenvalue weighted by molar-refractivity contribution is -0.120. The first-order valence-corrected chi connectivity index (χ1v) is 7.79. The number of nitriles is 1. The van der Waals surface area contributed by atoms with Crippen molar-refractivity contribution in [2.45, 2.75) is 18.9 Å². The Labute approximate surface area is 112 Å². The Morgan fingerprint density at radius 3 is 2.58 bits per heavy atom. The summed E-state index contributed by atoms with van der Waals surface area (Å²) in [5.41, 5.74) is 1.35. The predicted molar refractivity (Wildman–Crippen MR) is 70.1 cm³/mol. The second-order valence-corrected chi connectivity index (χ2v) is 6.88. The lowest BCUT2D eigenvalue weighted by atomic mass is 10.1. The lowest BCUT2D eigenvalue weighted by Gasteiger charge is -2.10. The second-order valence-electron chi connectivity index (χ2n) is 4.65. The first kappa shape index (κ1) is 13.6. The van der Waals surface area contributed by atoms with Crippen LogP contribution in [0.2, 0.25) is 0 Å². The van der Waals surface area contributed by atoms with Gasteiger partial charge in [-0.2, -0.15) is 5.26 Å². The van der Waals surface area contributed by atoms with Crippen LogP contribution < -0.4 is 5.32 Å². The van der Waals surface area contributed by atoms with E-state index in [9.17, 15) is 13.2 Å². The van der Waals surface area contributed by atoms with Gasteiger partial charge in [0.25, 0.3) is 0 Å². The molecule has 2 rings (SSSR count). The topological polar surface area (TPSA) is 87.0 Å². The zero-order valence-corrected chi connectivity index (χ0v) is 11.1. The van der Waals surface area contributed by atoms with Gasteiger partial charge in [0.05, 0.1) is 29.6 Å². The van der Waals surface area contributed by atoms with Crippen LogP contribution in [0.15, 0.2) is 24.3 Å². The van der Waals surface area contributed by atoms with Gasteiger partial charge in [0.1, 0.15) is 0 Å². The van der Waals surface area contributed by atoms with Crippen LogP contribution in [0.5, 0.6) is 0 Å². The van der Waals surface area contributed by atoms with Crippen LogP contribution in [0.1, 0.15) is 17.5 Å². The van der Waals surface area contributed by atoms with Gasteiger partial charge < -0.3 is 5.32 Å². The molecule has 1 amide bonds. The minimum Gasteiger partial charge on any atom is -0.352 e. The smallest absolute Gasteiger partial charge is 0.224 e. The number of hydrogen-bond acceptors (Lipinski definition) is 4. The number of hydrogen-bond donors (Lipinski definition) is 1. The normalized spacial score (nSPS) is 20.7. The molecule has 0 radical (unpaired) electrons. The van der Waals surface area contributed by atoms with E-state index in [-0.39, 0.29) is 29.9 Å². The Balaban J connectivity index is 1.89. The third-order valence-electron chi connectivity index (χ3n) is 3.05. The minimum absolute atomic E-state index is 0.0338. The number of benzene rings is 1. The molecule has 1 aromatic carbocycles. The zero-order chi connectivity index (χ0) is 13.9. The molecular weight excluding hydrogens is 264 g/mol. The van der Waals surface area contributed by atoms with Gasteiger partial charge in [-0.15, -0.1) is 0 Å². The second kappa shape index (κ2) is 5.41. The van der Waals surface area contributed by atoms with Gasteiger partial charge in [-0.3, -0.25) is 4.79 Å². The third-order valence-corrected chi connectivity index (χ3v) is 4.81. The van der Waals surface area contributed by atoms with Gasteiger partial charge in [-0.25, -0.2) is 8.42 Å². The average Bonchev–Trinajstić information content (AvgIpc) is 2.69. The van der Waals surface area contributed by atoms with Gasteiger partial charge in [-0.05, 0) is 24.1 Å². The van der Waals surface area contributed by atoms with E-state index in [2.05, 4.69) is 5.32 Å². The molecular formula is C13H14N2O3S. The summed E-state index contributed by atoms with van der Waals surface area (Å²) < 4.78 is 22.5. The summed E-state index contributed by atoms with van der Waals surface area (Å²) in [5.74, 6) is -0.00667. The minimum atomic E-state index is -2.97. The molecule has 0 aromatic heterocycles. The number of nitrogens with zero attached hydrogens (tertiary/aromatic N) is 1. The standard InChI is InChI=1S/C13H14N2O3S/c14-8-11-3-1-10(2-4-11)7-13(16)15-12-5-6-19(17,18)9-12/h1-4,12H,5-7,9H2,(H,15,16). The van der Waals surface area contributed by atoms with Crippen LogP contribution in [0.25, 0.3) is 0 Å². The number of amides is 1. The Morgan fingerprint density at radius 1 is 1.37 bits per heavy atom. The molecule has 1 saturated heterocycles. The van der Waals surface area contributed by atoms with Crippen molar-refractivity contribution in [3.63, 3.8) is 0 Å². The molecule has 1 unspecified atom stereocenters.